The first-order chi connectivity index (χ1) is 14.5. The predicted molar refractivity (Wildman–Crippen MR) is 111 cm³/mol. The van der Waals surface area contributed by atoms with Crippen LogP contribution >= 0.6 is 11.6 Å². The molecule has 0 atom stereocenters. The largest absolute Gasteiger partial charge is 0.489 e. The first kappa shape index (κ1) is 21.3. The van der Waals surface area contributed by atoms with E-state index in [4.69, 9.17) is 16.3 Å². The van der Waals surface area contributed by atoms with Crippen LogP contribution in [-0.4, -0.2) is 19.0 Å². The van der Waals surface area contributed by atoms with Crippen LogP contribution in [0.5, 0.6) is 5.75 Å². The number of carbonyl (C=O) groups is 2. The first-order valence-electron chi connectivity index (χ1n) is 9.08. The zero-order chi connectivity index (χ0) is 21.5. The summed E-state index contributed by atoms with van der Waals surface area (Å²) in [6.07, 6.45) is 0. The van der Waals surface area contributed by atoms with E-state index in [0.29, 0.717) is 16.9 Å². The Labute approximate surface area is 178 Å². The molecule has 0 unspecified atom stereocenters. The fourth-order valence-corrected chi connectivity index (χ4v) is 2.92. The molecule has 7 heteroatoms. The third-order valence-electron chi connectivity index (χ3n) is 4.31. The van der Waals surface area contributed by atoms with E-state index < -0.39 is 5.97 Å². The molecule has 0 fully saturated rings. The minimum Gasteiger partial charge on any atom is -0.489 e. The van der Waals surface area contributed by atoms with E-state index in [0.717, 1.165) is 5.56 Å². The number of methoxy groups -OCH3 is 1. The molecule has 0 aromatic heterocycles. The van der Waals surface area contributed by atoms with Crippen molar-refractivity contribution in [1.29, 1.82) is 0 Å². The fraction of sp³-hybridized carbons (Fsp3) is 0.130. The Bertz CT molecular complexity index is 1050. The Kier molecular flexibility index (Phi) is 7.03. The van der Waals surface area contributed by atoms with Gasteiger partial charge in [0.05, 0.1) is 23.3 Å². The van der Waals surface area contributed by atoms with E-state index in [1.165, 1.54) is 25.3 Å². The lowest BCUT2D eigenvalue weighted by Crippen LogP contribution is -2.23. The molecule has 5 nitrogen and oxygen atoms in total. The molecule has 0 aliphatic heterocycles. The number of amides is 1. The van der Waals surface area contributed by atoms with E-state index in [1.54, 1.807) is 48.5 Å². The van der Waals surface area contributed by atoms with Gasteiger partial charge in [0.1, 0.15) is 18.2 Å². The van der Waals surface area contributed by atoms with Crippen LogP contribution in [0.15, 0.2) is 66.7 Å². The first-order valence-corrected chi connectivity index (χ1v) is 9.46. The summed E-state index contributed by atoms with van der Waals surface area (Å²) >= 11 is 6.17. The SMILES string of the molecule is COC(=O)c1ccc(CNC(=O)c2cc(OCc3cccc(F)c3)ccc2Cl)cc1. The van der Waals surface area contributed by atoms with Gasteiger partial charge in [-0.1, -0.05) is 35.9 Å². The molecule has 0 saturated carbocycles. The Morgan fingerprint density at radius 2 is 1.77 bits per heavy atom. The maximum absolute atomic E-state index is 13.3. The number of hydrogen-bond acceptors (Lipinski definition) is 4. The minimum atomic E-state index is -0.424. The summed E-state index contributed by atoms with van der Waals surface area (Å²) in [7, 11) is 1.32. The molecule has 3 aromatic rings. The number of benzene rings is 3. The van der Waals surface area contributed by atoms with Crippen molar-refractivity contribution in [2.45, 2.75) is 13.2 Å². The lowest BCUT2D eigenvalue weighted by atomic mass is 10.1. The molecule has 1 amide bonds. The van der Waals surface area contributed by atoms with Crippen LogP contribution in [0.2, 0.25) is 5.02 Å². The van der Waals surface area contributed by atoms with Crippen molar-refractivity contribution < 1.29 is 23.5 Å². The molecule has 3 rings (SSSR count). The van der Waals surface area contributed by atoms with E-state index >= 15 is 0 Å². The van der Waals surface area contributed by atoms with Gasteiger partial charge in [-0.25, -0.2) is 9.18 Å². The zero-order valence-electron chi connectivity index (χ0n) is 16.2. The van der Waals surface area contributed by atoms with Gasteiger partial charge >= 0.3 is 5.97 Å². The number of ether oxygens (including phenoxy) is 2. The molecular weight excluding hydrogens is 409 g/mol. The number of halogens is 2. The van der Waals surface area contributed by atoms with E-state index in [2.05, 4.69) is 10.1 Å². The predicted octanol–water partition coefficient (Wildman–Crippen LogP) is 4.77. The lowest BCUT2D eigenvalue weighted by molar-refractivity contribution is 0.0600. The van der Waals surface area contributed by atoms with E-state index in [1.807, 2.05) is 0 Å². The van der Waals surface area contributed by atoms with E-state index in [9.17, 15) is 14.0 Å². The quantitative estimate of drug-likeness (QED) is 0.551. The van der Waals surface area contributed by atoms with Gasteiger partial charge in [0.25, 0.3) is 5.91 Å². The van der Waals surface area contributed by atoms with Gasteiger partial charge in [0.15, 0.2) is 0 Å². The Morgan fingerprint density at radius 1 is 1.00 bits per heavy atom. The topological polar surface area (TPSA) is 64.6 Å². The molecular formula is C23H19ClFNO4. The van der Waals surface area contributed by atoms with Crippen LogP contribution in [0.4, 0.5) is 4.39 Å². The van der Waals surface area contributed by atoms with Crippen molar-refractivity contribution >= 4 is 23.5 Å². The maximum Gasteiger partial charge on any atom is 0.337 e. The Morgan fingerprint density at radius 3 is 2.47 bits per heavy atom. The molecule has 0 aliphatic carbocycles. The number of carbonyl (C=O) groups excluding carboxylic acids is 2. The Balaban J connectivity index is 1.62. The minimum absolute atomic E-state index is 0.160. The number of rotatable bonds is 7. The van der Waals surface area contributed by atoms with Crippen molar-refractivity contribution in [2.24, 2.45) is 0 Å². The highest BCUT2D eigenvalue weighted by Gasteiger charge is 2.12. The molecule has 0 heterocycles. The van der Waals surface area contributed by atoms with Gasteiger partial charge in [0, 0.05) is 6.54 Å². The summed E-state index contributed by atoms with van der Waals surface area (Å²) in [4.78, 5) is 24.0. The van der Waals surface area contributed by atoms with Crippen molar-refractivity contribution in [2.75, 3.05) is 7.11 Å². The maximum atomic E-state index is 13.3. The van der Waals surface area contributed by atoms with Gasteiger partial charge in [-0.2, -0.15) is 0 Å². The van der Waals surface area contributed by atoms with Gasteiger partial charge in [-0.15, -0.1) is 0 Å². The van der Waals surface area contributed by atoms with Crippen molar-refractivity contribution in [3.8, 4) is 5.75 Å². The molecule has 0 aliphatic rings. The summed E-state index contributed by atoms with van der Waals surface area (Å²) in [6, 6.07) is 17.6. The second-order valence-electron chi connectivity index (χ2n) is 6.43. The summed E-state index contributed by atoms with van der Waals surface area (Å²) in [5, 5.41) is 3.07. The molecule has 0 saturated heterocycles. The summed E-state index contributed by atoms with van der Waals surface area (Å²) in [5.74, 6) is -0.691. The molecule has 0 bridgehead atoms. The number of nitrogens with one attached hydrogen (secondary N) is 1. The van der Waals surface area contributed by atoms with Crippen LogP contribution in [0.3, 0.4) is 0 Å². The smallest absolute Gasteiger partial charge is 0.337 e. The number of esters is 1. The van der Waals surface area contributed by atoms with E-state index in [-0.39, 0.29) is 35.5 Å². The highest BCUT2D eigenvalue weighted by molar-refractivity contribution is 6.33. The second kappa shape index (κ2) is 9.89. The molecule has 1 N–H and O–H groups in total. The summed E-state index contributed by atoms with van der Waals surface area (Å²) in [6.45, 7) is 0.415. The zero-order valence-corrected chi connectivity index (χ0v) is 16.9. The van der Waals surface area contributed by atoms with Crippen molar-refractivity contribution in [1.82, 2.24) is 5.32 Å². The highest BCUT2D eigenvalue weighted by Crippen LogP contribution is 2.23. The highest BCUT2D eigenvalue weighted by atomic mass is 35.5. The molecule has 0 radical (unpaired) electrons. The molecule has 154 valence electrons. The second-order valence-corrected chi connectivity index (χ2v) is 6.84. The van der Waals surface area contributed by atoms with Gasteiger partial charge in [-0.3, -0.25) is 4.79 Å². The van der Waals surface area contributed by atoms with Crippen LogP contribution in [0.1, 0.15) is 31.8 Å². The third kappa shape index (κ3) is 5.58. The normalized spacial score (nSPS) is 10.4. The molecule has 0 spiro atoms. The van der Waals surface area contributed by atoms with Crippen LogP contribution in [0.25, 0.3) is 0 Å². The Hall–Kier alpha value is -3.38. The average molecular weight is 428 g/mol. The third-order valence-corrected chi connectivity index (χ3v) is 4.63. The van der Waals surface area contributed by atoms with Gasteiger partial charge in [0.2, 0.25) is 0 Å². The lowest BCUT2D eigenvalue weighted by Gasteiger charge is -2.11. The monoisotopic (exact) mass is 427 g/mol. The van der Waals surface area contributed by atoms with Crippen LogP contribution in [-0.2, 0) is 17.9 Å². The number of hydrogen-bond donors (Lipinski definition) is 1. The van der Waals surface area contributed by atoms with Crippen molar-refractivity contribution in [3.63, 3.8) is 0 Å². The fourth-order valence-electron chi connectivity index (χ4n) is 2.72. The summed E-state index contributed by atoms with van der Waals surface area (Å²) in [5.41, 5.74) is 2.18. The average Bonchev–Trinajstić information content (AvgIpc) is 2.76. The van der Waals surface area contributed by atoms with Crippen LogP contribution < -0.4 is 10.1 Å². The van der Waals surface area contributed by atoms with Gasteiger partial charge in [-0.05, 0) is 53.6 Å². The van der Waals surface area contributed by atoms with Crippen molar-refractivity contribution in [3.05, 3.63) is 99.8 Å². The van der Waals surface area contributed by atoms with Crippen LogP contribution in [0, 0.1) is 5.82 Å². The van der Waals surface area contributed by atoms with Gasteiger partial charge < -0.3 is 14.8 Å². The molecule has 30 heavy (non-hydrogen) atoms. The summed E-state index contributed by atoms with van der Waals surface area (Å²) < 4.78 is 23.6. The molecule has 3 aromatic carbocycles. The standard InChI is InChI=1S/C23H19ClFNO4/c1-29-23(28)17-7-5-15(6-8-17)13-26-22(27)20-12-19(9-10-21(20)24)30-14-16-3-2-4-18(25)11-16/h2-12H,13-14H2,1H3,(H,26,27).